The van der Waals surface area contributed by atoms with E-state index in [2.05, 4.69) is 0 Å². The Morgan fingerprint density at radius 2 is 1.69 bits per heavy atom. The number of rotatable bonds is 2. The summed E-state index contributed by atoms with van der Waals surface area (Å²) in [4.78, 5) is 0. The molecular formula is C8H11NaO3S. The summed E-state index contributed by atoms with van der Waals surface area (Å²) in [5.41, 5.74) is 0.597. The van der Waals surface area contributed by atoms with Crippen molar-refractivity contribution in [1.82, 2.24) is 0 Å². The van der Waals surface area contributed by atoms with Crippen LogP contribution in [-0.2, 0) is 10.1 Å². The third-order valence-corrected chi connectivity index (χ3v) is 2.88. The van der Waals surface area contributed by atoms with Crippen molar-refractivity contribution in [1.29, 1.82) is 0 Å². The van der Waals surface area contributed by atoms with Crippen LogP contribution in [0.25, 0.3) is 0 Å². The minimum atomic E-state index is -3.96. The van der Waals surface area contributed by atoms with Crippen LogP contribution in [0.1, 0.15) is 17.7 Å². The fourth-order valence-corrected chi connectivity index (χ4v) is 1.40. The molecule has 0 heterocycles. The molecule has 0 aliphatic heterocycles. The van der Waals surface area contributed by atoms with E-state index in [1.807, 2.05) is 0 Å². The summed E-state index contributed by atoms with van der Waals surface area (Å²) in [6, 6.07) is 8.59. The van der Waals surface area contributed by atoms with Crippen molar-refractivity contribution >= 4 is 39.7 Å². The van der Waals surface area contributed by atoms with Crippen molar-refractivity contribution < 1.29 is 13.0 Å². The molecule has 0 saturated carbocycles. The molecule has 0 aliphatic rings. The first kappa shape index (κ1) is 13.1. The van der Waals surface area contributed by atoms with Gasteiger partial charge in [0.15, 0.2) is 0 Å². The molecule has 68 valence electrons. The Balaban J connectivity index is 0.00000144. The Labute approximate surface area is 100 Å². The Hall–Kier alpha value is 0.130. The molecule has 1 atom stereocenters. The molecular weight excluding hydrogens is 199 g/mol. The Bertz CT molecular complexity index is 347. The van der Waals surface area contributed by atoms with Crippen molar-refractivity contribution in [3.05, 3.63) is 35.9 Å². The summed E-state index contributed by atoms with van der Waals surface area (Å²) in [6.07, 6.45) is 0. The van der Waals surface area contributed by atoms with Gasteiger partial charge in [0.25, 0.3) is 10.1 Å². The van der Waals surface area contributed by atoms with Gasteiger partial charge in [-0.05, 0) is 12.5 Å². The van der Waals surface area contributed by atoms with Gasteiger partial charge in [-0.25, -0.2) is 0 Å². The second-order valence-corrected chi connectivity index (χ2v) is 4.30. The van der Waals surface area contributed by atoms with E-state index in [9.17, 15) is 8.42 Å². The van der Waals surface area contributed by atoms with Gasteiger partial charge in [-0.3, -0.25) is 4.55 Å². The zero-order chi connectivity index (χ0) is 9.19. The van der Waals surface area contributed by atoms with Crippen LogP contribution < -0.4 is 0 Å². The maximum atomic E-state index is 10.7. The molecule has 1 aromatic carbocycles. The van der Waals surface area contributed by atoms with Crippen LogP contribution in [0.2, 0.25) is 0 Å². The molecule has 3 nitrogen and oxygen atoms in total. The van der Waals surface area contributed by atoms with Crippen LogP contribution in [-0.4, -0.2) is 42.5 Å². The molecule has 1 N–H and O–H groups in total. The van der Waals surface area contributed by atoms with Gasteiger partial charge in [0.05, 0.1) is 0 Å². The molecule has 0 radical (unpaired) electrons. The van der Waals surface area contributed by atoms with Crippen LogP contribution in [0.15, 0.2) is 30.3 Å². The molecule has 0 spiro atoms. The average molecular weight is 210 g/mol. The van der Waals surface area contributed by atoms with Crippen molar-refractivity contribution in [3.63, 3.8) is 0 Å². The first-order chi connectivity index (χ1) is 5.52. The summed E-state index contributed by atoms with van der Waals surface area (Å²) in [5.74, 6) is 0. The van der Waals surface area contributed by atoms with E-state index in [4.69, 9.17) is 4.55 Å². The molecule has 1 aromatic rings. The molecule has 0 fully saturated rings. The monoisotopic (exact) mass is 210 g/mol. The van der Waals surface area contributed by atoms with E-state index in [1.54, 1.807) is 30.3 Å². The summed E-state index contributed by atoms with van der Waals surface area (Å²) in [6.45, 7) is 1.45. The molecule has 0 aliphatic carbocycles. The van der Waals surface area contributed by atoms with E-state index in [1.165, 1.54) is 6.92 Å². The van der Waals surface area contributed by atoms with Gasteiger partial charge >= 0.3 is 29.6 Å². The summed E-state index contributed by atoms with van der Waals surface area (Å²) < 4.78 is 30.1. The first-order valence-electron chi connectivity index (χ1n) is 3.53. The van der Waals surface area contributed by atoms with Crippen LogP contribution in [0.3, 0.4) is 0 Å². The third-order valence-electron chi connectivity index (χ3n) is 1.72. The van der Waals surface area contributed by atoms with Crippen LogP contribution in [0.5, 0.6) is 0 Å². The van der Waals surface area contributed by atoms with Crippen molar-refractivity contribution in [2.75, 3.05) is 0 Å². The first-order valence-corrected chi connectivity index (χ1v) is 5.03. The van der Waals surface area contributed by atoms with E-state index in [0.717, 1.165) is 0 Å². The molecule has 0 aromatic heterocycles. The fraction of sp³-hybridized carbons (Fsp3) is 0.250. The van der Waals surface area contributed by atoms with E-state index in [0.29, 0.717) is 5.56 Å². The van der Waals surface area contributed by atoms with E-state index in [-0.39, 0.29) is 29.6 Å². The van der Waals surface area contributed by atoms with E-state index >= 15 is 0 Å². The van der Waals surface area contributed by atoms with Gasteiger partial charge in [0, 0.05) is 0 Å². The summed E-state index contributed by atoms with van der Waals surface area (Å²) in [5, 5.41) is -0.848. The van der Waals surface area contributed by atoms with Gasteiger partial charge in [0.2, 0.25) is 0 Å². The summed E-state index contributed by atoms with van der Waals surface area (Å²) in [7, 11) is -3.96. The predicted molar refractivity (Wildman–Crippen MR) is 53.6 cm³/mol. The molecule has 1 rings (SSSR count). The normalized spacial score (nSPS) is 13.1. The van der Waals surface area contributed by atoms with Gasteiger partial charge in [0.1, 0.15) is 5.25 Å². The fourth-order valence-electron chi connectivity index (χ4n) is 0.896. The second kappa shape index (κ2) is 5.12. The van der Waals surface area contributed by atoms with Gasteiger partial charge < -0.3 is 0 Å². The average Bonchev–Trinajstić information content (AvgIpc) is 2.03. The molecule has 0 saturated heterocycles. The zero-order valence-electron chi connectivity index (χ0n) is 6.64. The maximum absolute atomic E-state index is 10.7. The molecule has 1 unspecified atom stereocenters. The zero-order valence-corrected chi connectivity index (χ0v) is 7.45. The third kappa shape index (κ3) is 3.79. The standard InChI is InChI=1S/C8H10O3S.Na.H/c1-7(12(9,10)11)8-5-3-2-4-6-8;;/h2-7H,1H3,(H,9,10,11);;. The second-order valence-electron chi connectivity index (χ2n) is 2.57. The quantitative estimate of drug-likeness (QED) is 0.585. The van der Waals surface area contributed by atoms with Crippen LogP contribution in [0.4, 0.5) is 0 Å². The molecule has 13 heavy (non-hydrogen) atoms. The van der Waals surface area contributed by atoms with Gasteiger partial charge in [-0.2, -0.15) is 8.42 Å². The Morgan fingerprint density at radius 1 is 1.23 bits per heavy atom. The molecule has 0 amide bonds. The van der Waals surface area contributed by atoms with Crippen LogP contribution in [0, 0.1) is 0 Å². The van der Waals surface area contributed by atoms with Crippen molar-refractivity contribution in [2.24, 2.45) is 0 Å². The topological polar surface area (TPSA) is 54.4 Å². The van der Waals surface area contributed by atoms with Gasteiger partial charge in [-0.15, -0.1) is 0 Å². The van der Waals surface area contributed by atoms with Crippen LogP contribution >= 0.6 is 0 Å². The van der Waals surface area contributed by atoms with Crippen molar-refractivity contribution in [3.8, 4) is 0 Å². The Morgan fingerprint density at radius 3 is 2.08 bits per heavy atom. The summed E-state index contributed by atoms with van der Waals surface area (Å²) >= 11 is 0. The van der Waals surface area contributed by atoms with Gasteiger partial charge in [-0.1, -0.05) is 30.3 Å². The number of benzene rings is 1. The Kier molecular flexibility index (Phi) is 5.17. The van der Waals surface area contributed by atoms with E-state index < -0.39 is 15.4 Å². The molecule has 5 heteroatoms. The number of hydrogen-bond donors (Lipinski definition) is 1. The number of hydrogen-bond acceptors (Lipinski definition) is 2. The minimum absolute atomic E-state index is 0. The molecule has 0 bridgehead atoms. The SMILES string of the molecule is CC(c1ccccc1)S(=O)(=O)O.[NaH]. The van der Waals surface area contributed by atoms with Crippen molar-refractivity contribution in [2.45, 2.75) is 12.2 Å². The predicted octanol–water partition coefficient (Wildman–Crippen LogP) is 0.987.